The summed E-state index contributed by atoms with van der Waals surface area (Å²) in [5, 5.41) is 14.4. The van der Waals surface area contributed by atoms with Crippen LogP contribution in [0.2, 0.25) is 5.02 Å². The highest BCUT2D eigenvalue weighted by Crippen LogP contribution is 2.08. The van der Waals surface area contributed by atoms with Gasteiger partial charge in [-0.3, -0.25) is 4.79 Å². The number of carboxylic acids is 1. The van der Waals surface area contributed by atoms with E-state index in [0.717, 1.165) is 10.5 Å². The molecule has 0 aliphatic carbocycles. The van der Waals surface area contributed by atoms with Crippen LogP contribution in [0.5, 0.6) is 0 Å². The molecule has 3 N–H and O–H groups in total. The van der Waals surface area contributed by atoms with Gasteiger partial charge >= 0.3 is 12.0 Å². The molecule has 0 radical (unpaired) electrons. The molecule has 0 aliphatic rings. The van der Waals surface area contributed by atoms with Crippen LogP contribution in [0.25, 0.3) is 0 Å². The first-order valence-electron chi connectivity index (χ1n) is 6.56. The van der Waals surface area contributed by atoms with Gasteiger partial charge in [-0.2, -0.15) is 0 Å². The number of carbonyl (C=O) groups excluding carboxylic acids is 2. The van der Waals surface area contributed by atoms with Gasteiger partial charge in [0.1, 0.15) is 6.04 Å². The molecular formula is C14H18ClN3O4. The summed E-state index contributed by atoms with van der Waals surface area (Å²) >= 11 is 5.75. The van der Waals surface area contributed by atoms with E-state index in [2.05, 4.69) is 10.6 Å². The van der Waals surface area contributed by atoms with Gasteiger partial charge in [0.15, 0.2) is 0 Å². The summed E-state index contributed by atoms with van der Waals surface area (Å²) in [6.45, 7) is 1.40. The molecule has 0 saturated carbocycles. The molecule has 0 aromatic heterocycles. The third-order valence-corrected chi connectivity index (χ3v) is 3.35. The third-order valence-electron chi connectivity index (χ3n) is 3.10. The number of halogens is 1. The maximum absolute atomic E-state index is 11.7. The number of hydrogen-bond donors (Lipinski definition) is 3. The van der Waals surface area contributed by atoms with E-state index < -0.39 is 23.9 Å². The number of nitrogens with one attached hydrogen (secondary N) is 2. The maximum Gasteiger partial charge on any atom is 0.326 e. The molecule has 0 aliphatic heterocycles. The number of likely N-dealkylation sites (N-methyl/N-ethyl adjacent to an activating group) is 1. The zero-order chi connectivity index (χ0) is 16.7. The first kappa shape index (κ1) is 17.8. The SMILES string of the molecule is CC(C(=O)O)N(C)C(=O)CNC(=O)NCc1ccc(Cl)cc1. The summed E-state index contributed by atoms with van der Waals surface area (Å²) in [6.07, 6.45) is 0. The minimum absolute atomic E-state index is 0.277. The molecule has 8 heteroatoms. The van der Waals surface area contributed by atoms with Crippen molar-refractivity contribution in [2.24, 2.45) is 0 Å². The van der Waals surface area contributed by atoms with Gasteiger partial charge in [-0.25, -0.2) is 9.59 Å². The highest BCUT2D eigenvalue weighted by molar-refractivity contribution is 6.30. The Morgan fingerprint density at radius 3 is 2.36 bits per heavy atom. The van der Waals surface area contributed by atoms with E-state index >= 15 is 0 Å². The van der Waals surface area contributed by atoms with E-state index in [1.165, 1.54) is 14.0 Å². The fourth-order valence-corrected chi connectivity index (χ4v) is 1.64. The standard InChI is InChI=1S/C14H18ClN3O4/c1-9(13(20)21)18(2)12(19)8-17-14(22)16-7-10-3-5-11(15)6-4-10/h3-6,9H,7-8H2,1-2H3,(H,20,21)(H2,16,17,22). The molecule has 0 fully saturated rings. The van der Waals surface area contributed by atoms with Crippen LogP contribution in [-0.2, 0) is 16.1 Å². The van der Waals surface area contributed by atoms with Crippen LogP contribution < -0.4 is 10.6 Å². The fourth-order valence-electron chi connectivity index (χ4n) is 1.51. The molecule has 1 rings (SSSR count). The molecular weight excluding hydrogens is 310 g/mol. The van der Waals surface area contributed by atoms with Gasteiger partial charge in [-0.1, -0.05) is 23.7 Å². The number of urea groups is 1. The lowest BCUT2D eigenvalue weighted by molar-refractivity contribution is -0.147. The second-order valence-corrected chi connectivity index (χ2v) is 5.12. The lowest BCUT2D eigenvalue weighted by Crippen LogP contribution is -2.47. The van der Waals surface area contributed by atoms with Gasteiger partial charge in [0.2, 0.25) is 5.91 Å². The number of nitrogens with zero attached hydrogens (tertiary/aromatic N) is 1. The Balaban J connectivity index is 2.35. The van der Waals surface area contributed by atoms with Crippen molar-refractivity contribution < 1.29 is 19.5 Å². The lowest BCUT2D eigenvalue weighted by atomic mass is 10.2. The van der Waals surface area contributed by atoms with Gasteiger partial charge in [-0.15, -0.1) is 0 Å². The number of amides is 3. The molecule has 0 spiro atoms. The Bertz CT molecular complexity index is 548. The van der Waals surface area contributed by atoms with E-state index in [0.29, 0.717) is 11.6 Å². The van der Waals surface area contributed by atoms with Gasteiger partial charge in [0.05, 0.1) is 6.54 Å². The number of aliphatic carboxylic acids is 1. The number of carbonyl (C=O) groups is 3. The summed E-state index contributed by atoms with van der Waals surface area (Å²) < 4.78 is 0. The molecule has 7 nitrogen and oxygen atoms in total. The van der Waals surface area contributed by atoms with Crippen LogP contribution in [0.4, 0.5) is 4.79 Å². The fraction of sp³-hybridized carbons (Fsp3) is 0.357. The monoisotopic (exact) mass is 327 g/mol. The average Bonchev–Trinajstić information content (AvgIpc) is 2.50. The number of benzene rings is 1. The topological polar surface area (TPSA) is 98.7 Å². The Morgan fingerprint density at radius 1 is 1.23 bits per heavy atom. The molecule has 1 aromatic rings. The van der Waals surface area contributed by atoms with Crippen molar-refractivity contribution in [3.05, 3.63) is 34.9 Å². The van der Waals surface area contributed by atoms with E-state index in [9.17, 15) is 14.4 Å². The van der Waals surface area contributed by atoms with Gasteiger partial charge in [-0.05, 0) is 24.6 Å². The molecule has 3 amide bonds. The minimum Gasteiger partial charge on any atom is -0.480 e. The first-order valence-corrected chi connectivity index (χ1v) is 6.93. The van der Waals surface area contributed by atoms with Crippen molar-refractivity contribution in [3.63, 3.8) is 0 Å². The highest BCUT2D eigenvalue weighted by atomic mass is 35.5. The first-order chi connectivity index (χ1) is 10.3. The average molecular weight is 328 g/mol. The van der Waals surface area contributed by atoms with E-state index in [4.69, 9.17) is 16.7 Å². The largest absolute Gasteiger partial charge is 0.480 e. The van der Waals surface area contributed by atoms with Crippen LogP contribution >= 0.6 is 11.6 Å². The van der Waals surface area contributed by atoms with Gasteiger partial charge in [0, 0.05) is 18.6 Å². The molecule has 1 aromatic carbocycles. The molecule has 0 heterocycles. The predicted octanol–water partition coefficient (Wildman–Crippen LogP) is 1.07. The van der Waals surface area contributed by atoms with Crippen molar-refractivity contribution in [1.82, 2.24) is 15.5 Å². The molecule has 1 atom stereocenters. The van der Waals surface area contributed by atoms with Crippen molar-refractivity contribution >= 4 is 29.5 Å². The quantitative estimate of drug-likeness (QED) is 0.727. The van der Waals surface area contributed by atoms with Crippen LogP contribution in [-0.4, -0.2) is 47.5 Å². The van der Waals surface area contributed by atoms with Crippen LogP contribution in [0, 0.1) is 0 Å². The number of rotatable bonds is 6. The van der Waals surface area contributed by atoms with Crippen LogP contribution in [0.3, 0.4) is 0 Å². The van der Waals surface area contributed by atoms with Gasteiger partial charge in [0.25, 0.3) is 0 Å². The summed E-state index contributed by atoms with van der Waals surface area (Å²) in [7, 11) is 1.37. The van der Waals surface area contributed by atoms with E-state index in [1.54, 1.807) is 24.3 Å². The van der Waals surface area contributed by atoms with E-state index in [-0.39, 0.29) is 6.54 Å². The van der Waals surface area contributed by atoms with Crippen LogP contribution in [0.15, 0.2) is 24.3 Å². The normalized spacial score (nSPS) is 11.4. The summed E-state index contributed by atoms with van der Waals surface area (Å²) in [6, 6.07) is 5.50. The lowest BCUT2D eigenvalue weighted by Gasteiger charge is -2.21. The van der Waals surface area contributed by atoms with Crippen molar-refractivity contribution in [3.8, 4) is 0 Å². The summed E-state index contributed by atoms with van der Waals surface area (Å²) in [4.78, 5) is 35.1. The third kappa shape index (κ3) is 5.61. The maximum atomic E-state index is 11.7. The van der Waals surface area contributed by atoms with E-state index in [1.807, 2.05) is 0 Å². The van der Waals surface area contributed by atoms with Crippen LogP contribution in [0.1, 0.15) is 12.5 Å². The molecule has 22 heavy (non-hydrogen) atoms. The molecule has 0 saturated heterocycles. The number of hydrogen-bond acceptors (Lipinski definition) is 3. The minimum atomic E-state index is -1.11. The highest BCUT2D eigenvalue weighted by Gasteiger charge is 2.21. The second-order valence-electron chi connectivity index (χ2n) is 4.68. The molecule has 0 bridgehead atoms. The Kier molecular flexibility index (Phi) is 6.65. The Labute approximate surface area is 133 Å². The zero-order valence-electron chi connectivity index (χ0n) is 12.3. The van der Waals surface area contributed by atoms with Crippen molar-refractivity contribution in [1.29, 1.82) is 0 Å². The Morgan fingerprint density at radius 2 is 1.82 bits per heavy atom. The van der Waals surface area contributed by atoms with Gasteiger partial charge < -0.3 is 20.6 Å². The molecule has 1 unspecified atom stereocenters. The Hall–Kier alpha value is -2.28. The predicted molar refractivity (Wildman–Crippen MR) is 81.6 cm³/mol. The van der Waals surface area contributed by atoms with Crippen molar-refractivity contribution in [2.75, 3.05) is 13.6 Å². The van der Waals surface area contributed by atoms with Crippen molar-refractivity contribution in [2.45, 2.75) is 19.5 Å². The second kappa shape index (κ2) is 8.23. The summed E-state index contributed by atoms with van der Waals surface area (Å²) in [5.41, 5.74) is 0.863. The summed E-state index contributed by atoms with van der Waals surface area (Å²) in [5.74, 6) is -1.60. The smallest absolute Gasteiger partial charge is 0.326 e. The zero-order valence-corrected chi connectivity index (χ0v) is 13.1. The molecule has 120 valence electrons. The number of carboxylic acid groups (broad SMARTS) is 1.